The number of nitrogens with one attached hydrogen (secondary N) is 1. The molecule has 0 bridgehead atoms. The van der Waals surface area contributed by atoms with Crippen LogP contribution in [0.3, 0.4) is 0 Å². The summed E-state index contributed by atoms with van der Waals surface area (Å²) in [6.07, 6.45) is 4.98. The Bertz CT molecular complexity index is 1030. The molecule has 1 aliphatic carbocycles. The molecule has 0 aromatic heterocycles. The Morgan fingerprint density at radius 1 is 1.11 bits per heavy atom. The van der Waals surface area contributed by atoms with Crippen molar-refractivity contribution in [3.05, 3.63) is 41.2 Å². The molecule has 1 aliphatic heterocycles. The molecule has 8 heteroatoms. The summed E-state index contributed by atoms with van der Waals surface area (Å²) in [6, 6.07) is 6.74. The average Bonchev–Trinajstić information content (AvgIpc) is 3.37. The van der Waals surface area contributed by atoms with Crippen molar-refractivity contribution in [3.8, 4) is 22.6 Å². The van der Waals surface area contributed by atoms with E-state index in [0.717, 1.165) is 31.2 Å². The van der Waals surface area contributed by atoms with Gasteiger partial charge in [-0.3, -0.25) is 0 Å². The number of anilines is 1. The Labute approximate surface area is 205 Å². The first kappa shape index (κ1) is 25.3. The summed E-state index contributed by atoms with van der Waals surface area (Å²) < 4.78 is 38.4. The van der Waals surface area contributed by atoms with Crippen LogP contribution >= 0.6 is 0 Å². The van der Waals surface area contributed by atoms with E-state index >= 15 is 4.39 Å². The normalized spacial score (nSPS) is 17.8. The number of methoxy groups -OCH3 is 2. The minimum Gasteiger partial charge on any atom is -0.496 e. The Kier molecular flexibility index (Phi) is 7.82. The van der Waals surface area contributed by atoms with Gasteiger partial charge in [-0.05, 0) is 55.2 Å². The molecule has 1 saturated heterocycles. The maximum atomic E-state index is 15.8. The highest BCUT2D eigenvalue weighted by Gasteiger charge is 2.40. The van der Waals surface area contributed by atoms with E-state index in [-0.39, 0.29) is 12.7 Å². The molecule has 0 spiro atoms. The summed E-state index contributed by atoms with van der Waals surface area (Å²) in [5, 5.41) is 13.1. The largest absolute Gasteiger partial charge is 0.496 e. The van der Waals surface area contributed by atoms with Crippen LogP contribution in [0.4, 0.5) is 10.1 Å². The van der Waals surface area contributed by atoms with E-state index in [9.17, 15) is 9.90 Å². The van der Waals surface area contributed by atoms with Gasteiger partial charge >= 0.3 is 5.97 Å². The SMILES string of the molecule is COc1cc(-c2c(F)cc(NC3(C(=O)O)CCOCC3)cc2COC2CCCC2)cc(OC)c1C. The van der Waals surface area contributed by atoms with Gasteiger partial charge in [0.05, 0.1) is 26.9 Å². The molecule has 0 atom stereocenters. The molecule has 1 saturated carbocycles. The van der Waals surface area contributed by atoms with E-state index in [1.807, 2.05) is 6.92 Å². The first-order chi connectivity index (χ1) is 16.9. The van der Waals surface area contributed by atoms with E-state index in [4.69, 9.17) is 18.9 Å². The van der Waals surface area contributed by atoms with Crippen molar-refractivity contribution in [1.82, 2.24) is 0 Å². The van der Waals surface area contributed by atoms with Crippen molar-refractivity contribution in [3.63, 3.8) is 0 Å². The lowest BCUT2D eigenvalue weighted by Crippen LogP contribution is -2.50. The van der Waals surface area contributed by atoms with Crippen molar-refractivity contribution in [1.29, 1.82) is 0 Å². The summed E-state index contributed by atoms with van der Waals surface area (Å²) in [6.45, 7) is 2.77. The van der Waals surface area contributed by atoms with E-state index in [0.29, 0.717) is 59.9 Å². The van der Waals surface area contributed by atoms with Crippen LogP contribution in [-0.2, 0) is 20.9 Å². The molecule has 7 nitrogen and oxygen atoms in total. The third-order valence-corrected chi connectivity index (χ3v) is 7.13. The number of hydrogen-bond donors (Lipinski definition) is 2. The average molecular weight is 488 g/mol. The van der Waals surface area contributed by atoms with Crippen LogP contribution in [0.5, 0.6) is 11.5 Å². The number of halogens is 1. The number of carboxylic acids is 1. The zero-order valence-electron chi connectivity index (χ0n) is 20.6. The van der Waals surface area contributed by atoms with Gasteiger partial charge in [-0.1, -0.05) is 12.8 Å². The maximum absolute atomic E-state index is 15.8. The molecule has 4 rings (SSSR count). The van der Waals surface area contributed by atoms with Crippen LogP contribution in [0, 0.1) is 12.7 Å². The minimum atomic E-state index is -1.20. The van der Waals surface area contributed by atoms with Crippen molar-refractivity contribution in [2.45, 2.75) is 63.7 Å². The third kappa shape index (κ3) is 5.38. The highest BCUT2D eigenvalue weighted by molar-refractivity contribution is 5.84. The quantitative estimate of drug-likeness (QED) is 0.495. The van der Waals surface area contributed by atoms with Crippen molar-refractivity contribution >= 4 is 11.7 Å². The predicted octanol–water partition coefficient (Wildman–Crippen LogP) is 5.32. The molecule has 0 radical (unpaired) electrons. The van der Waals surface area contributed by atoms with E-state index < -0.39 is 17.3 Å². The lowest BCUT2D eigenvalue weighted by Gasteiger charge is -2.35. The molecule has 190 valence electrons. The number of rotatable bonds is 9. The monoisotopic (exact) mass is 487 g/mol. The zero-order chi connectivity index (χ0) is 25.0. The van der Waals surface area contributed by atoms with Crippen molar-refractivity contribution < 1.29 is 33.2 Å². The third-order valence-electron chi connectivity index (χ3n) is 7.13. The van der Waals surface area contributed by atoms with Crippen LogP contribution in [0.1, 0.15) is 49.7 Å². The summed E-state index contributed by atoms with van der Waals surface area (Å²) in [4.78, 5) is 12.1. The Morgan fingerprint density at radius 2 is 1.74 bits per heavy atom. The molecule has 35 heavy (non-hydrogen) atoms. The van der Waals surface area contributed by atoms with Gasteiger partial charge in [-0.25, -0.2) is 9.18 Å². The molecular weight excluding hydrogens is 453 g/mol. The van der Waals surface area contributed by atoms with Gasteiger partial charge in [-0.2, -0.15) is 0 Å². The summed E-state index contributed by atoms with van der Waals surface area (Å²) in [5.74, 6) is -0.256. The second kappa shape index (κ2) is 10.8. The molecule has 0 unspecified atom stereocenters. The Hall–Kier alpha value is -2.84. The topological polar surface area (TPSA) is 86.3 Å². The second-order valence-corrected chi connectivity index (χ2v) is 9.34. The number of carbonyl (C=O) groups is 1. The number of aliphatic carboxylic acids is 1. The van der Waals surface area contributed by atoms with Crippen molar-refractivity contribution in [2.24, 2.45) is 0 Å². The molecule has 0 amide bonds. The van der Waals surface area contributed by atoms with Gasteiger partial charge in [0.15, 0.2) is 0 Å². The van der Waals surface area contributed by atoms with Gasteiger partial charge in [-0.15, -0.1) is 0 Å². The van der Waals surface area contributed by atoms with Gasteiger partial charge in [0.1, 0.15) is 22.9 Å². The molecule has 2 fully saturated rings. The molecule has 2 aromatic carbocycles. The molecule has 2 aromatic rings. The number of benzene rings is 2. The lowest BCUT2D eigenvalue weighted by atomic mass is 9.89. The van der Waals surface area contributed by atoms with Crippen LogP contribution in [0.25, 0.3) is 11.1 Å². The van der Waals surface area contributed by atoms with Gasteiger partial charge in [0, 0.05) is 42.9 Å². The van der Waals surface area contributed by atoms with Gasteiger partial charge in [0.25, 0.3) is 0 Å². The highest BCUT2D eigenvalue weighted by Crippen LogP contribution is 2.39. The maximum Gasteiger partial charge on any atom is 0.329 e. The Morgan fingerprint density at radius 3 is 2.31 bits per heavy atom. The summed E-state index contributed by atoms with van der Waals surface area (Å²) >= 11 is 0. The van der Waals surface area contributed by atoms with Gasteiger partial charge in [0.2, 0.25) is 0 Å². The van der Waals surface area contributed by atoms with Gasteiger partial charge < -0.3 is 29.4 Å². The minimum absolute atomic E-state index is 0.144. The zero-order valence-corrected chi connectivity index (χ0v) is 20.6. The fourth-order valence-electron chi connectivity index (χ4n) is 5.05. The summed E-state index contributed by atoms with van der Waals surface area (Å²) in [5.41, 5.74) is 1.67. The first-order valence-corrected chi connectivity index (χ1v) is 12.1. The fourth-order valence-corrected chi connectivity index (χ4v) is 5.05. The van der Waals surface area contributed by atoms with Crippen LogP contribution in [0.15, 0.2) is 24.3 Å². The molecule has 2 aliphatic rings. The lowest BCUT2D eigenvalue weighted by molar-refractivity contribution is -0.145. The highest BCUT2D eigenvalue weighted by atomic mass is 19.1. The molecule has 1 heterocycles. The van der Waals surface area contributed by atoms with E-state index in [1.54, 1.807) is 32.4 Å². The number of ether oxygens (including phenoxy) is 4. The second-order valence-electron chi connectivity index (χ2n) is 9.34. The number of carboxylic acid groups (broad SMARTS) is 1. The fraction of sp³-hybridized carbons (Fsp3) is 0.519. The van der Waals surface area contributed by atoms with Crippen molar-refractivity contribution in [2.75, 3.05) is 32.8 Å². The molecular formula is C27H34FNO6. The van der Waals surface area contributed by atoms with Crippen LogP contribution in [-0.4, -0.2) is 50.2 Å². The predicted molar refractivity (Wildman–Crippen MR) is 131 cm³/mol. The first-order valence-electron chi connectivity index (χ1n) is 12.1. The molecule has 2 N–H and O–H groups in total. The van der Waals surface area contributed by atoms with Crippen LogP contribution < -0.4 is 14.8 Å². The van der Waals surface area contributed by atoms with Crippen LogP contribution in [0.2, 0.25) is 0 Å². The van der Waals surface area contributed by atoms with E-state index in [1.165, 1.54) is 6.07 Å². The standard InChI is InChI=1S/C27H34FNO6/c1-17-23(32-2)13-18(14-24(17)33-3)25-19(16-35-21-6-4-5-7-21)12-20(15-22(25)28)29-27(26(30)31)8-10-34-11-9-27/h12-15,21,29H,4-11,16H2,1-3H3,(H,30,31). The Balaban J connectivity index is 1.76. The van der Waals surface area contributed by atoms with E-state index in [2.05, 4.69) is 5.32 Å². The summed E-state index contributed by atoms with van der Waals surface area (Å²) in [7, 11) is 3.14. The number of hydrogen-bond acceptors (Lipinski definition) is 6. The smallest absolute Gasteiger partial charge is 0.329 e.